The van der Waals surface area contributed by atoms with E-state index < -0.39 is 10.0 Å². The second kappa shape index (κ2) is 7.12. The lowest BCUT2D eigenvalue weighted by molar-refractivity contribution is 0.272. The molecule has 0 N–H and O–H groups in total. The number of piperidine rings is 1. The topological polar surface area (TPSA) is 37.4 Å². The van der Waals surface area contributed by atoms with Gasteiger partial charge in [0.25, 0.3) is 0 Å². The molecule has 1 saturated heterocycles. The fourth-order valence-corrected chi connectivity index (χ4v) is 5.90. The summed E-state index contributed by atoms with van der Waals surface area (Å²) in [5.41, 5.74) is 0. The van der Waals surface area contributed by atoms with E-state index in [2.05, 4.69) is 20.8 Å². The van der Waals surface area contributed by atoms with Gasteiger partial charge in [0.1, 0.15) is 4.90 Å². The molecule has 1 fully saturated rings. The van der Waals surface area contributed by atoms with E-state index in [9.17, 15) is 8.42 Å². The molecule has 1 aromatic carbocycles. The van der Waals surface area contributed by atoms with Crippen LogP contribution in [0, 0.1) is 0 Å². The van der Waals surface area contributed by atoms with Gasteiger partial charge in [-0.2, -0.15) is 16.1 Å². The van der Waals surface area contributed by atoms with E-state index in [4.69, 9.17) is 11.6 Å². The zero-order chi connectivity index (χ0) is 16.4. The molecule has 0 unspecified atom stereocenters. The van der Waals surface area contributed by atoms with Gasteiger partial charge in [0.2, 0.25) is 10.0 Å². The molecule has 0 aromatic heterocycles. The highest BCUT2D eigenvalue weighted by molar-refractivity contribution is 8.00. The van der Waals surface area contributed by atoms with Crippen LogP contribution in [-0.4, -0.2) is 35.8 Å². The minimum Gasteiger partial charge on any atom is -0.207 e. The minimum absolute atomic E-state index is 0.0549. The summed E-state index contributed by atoms with van der Waals surface area (Å²) in [6.07, 6.45) is 2.93. The van der Waals surface area contributed by atoms with Crippen LogP contribution in [0.5, 0.6) is 0 Å². The van der Waals surface area contributed by atoms with Gasteiger partial charge in [-0.05, 0) is 25.0 Å². The second-order valence-corrected chi connectivity index (χ2v) is 10.7. The van der Waals surface area contributed by atoms with Crippen LogP contribution in [0.15, 0.2) is 29.2 Å². The number of sulfonamides is 1. The largest absolute Gasteiger partial charge is 0.244 e. The van der Waals surface area contributed by atoms with E-state index in [0.29, 0.717) is 11.6 Å². The van der Waals surface area contributed by atoms with Crippen LogP contribution >= 0.6 is 23.4 Å². The quantitative estimate of drug-likeness (QED) is 0.796. The van der Waals surface area contributed by atoms with Gasteiger partial charge in [0.05, 0.1) is 5.02 Å². The van der Waals surface area contributed by atoms with Crippen molar-refractivity contribution in [3.63, 3.8) is 0 Å². The van der Waals surface area contributed by atoms with Crippen molar-refractivity contribution in [3.05, 3.63) is 29.3 Å². The Morgan fingerprint density at radius 2 is 1.95 bits per heavy atom. The lowest BCUT2D eigenvalue weighted by Gasteiger charge is -2.36. The maximum atomic E-state index is 13.0. The highest BCUT2D eigenvalue weighted by Crippen LogP contribution is 2.33. The number of hydrogen-bond acceptors (Lipinski definition) is 3. The van der Waals surface area contributed by atoms with Crippen LogP contribution in [0.25, 0.3) is 0 Å². The van der Waals surface area contributed by atoms with Gasteiger partial charge in [-0.1, -0.05) is 50.9 Å². The zero-order valence-corrected chi connectivity index (χ0v) is 15.8. The molecule has 0 bridgehead atoms. The van der Waals surface area contributed by atoms with E-state index in [1.807, 2.05) is 11.8 Å². The van der Waals surface area contributed by atoms with Crippen molar-refractivity contribution in [2.24, 2.45) is 0 Å². The fraction of sp³-hybridized carbons (Fsp3) is 0.625. The summed E-state index contributed by atoms with van der Waals surface area (Å²) in [5.74, 6) is 0.827. The number of rotatable bonds is 4. The van der Waals surface area contributed by atoms with E-state index >= 15 is 0 Å². The van der Waals surface area contributed by atoms with Crippen LogP contribution < -0.4 is 0 Å². The highest BCUT2D eigenvalue weighted by Gasteiger charge is 2.35. The zero-order valence-electron chi connectivity index (χ0n) is 13.4. The first-order valence-electron chi connectivity index (χ1n) is 7.62. The summed E-state index contributed by atoms with van der Waals surface area (Å²) < 4.78 is 27.7. The predicted molar refractivity (Wildman–Crippen MR) is 95.2 cm³/mol. The third kappa shape index (κ3) is 4.40. The third-order valence-corrected chi connectivity index (χ3v) is 7.57. The average molecular weight is 362 g/mol. The van der Waals surface area contributed by atoms with E-state index in [-0.39, 0.29) is 15.7 Å². The molecular weight excluding hydrogens is 338 g/mol. The Morgan fingerprint density at radius 1 is 1.27 bits per heavy atom. The monoisotopic (exact) mass is 361 g/mol. The molecule has 2 rings (SSSR count). The number of halogens is 1. The first-order chi connectivity index (χ1) is 10.2. The molecule has 1 aliphatic heterocycles. The van der Waals surface area contributed by atoms with Crippen molar-refractivity contribution < 1.29 is 8.42 Å². The summed E-state index contributed by atoms with van der Waals surface area (Å²) in [5, 5.41) is 0.301. The Kier molecular flexibility index (Phi) is 5.86. The van der Waals surface area contributed by atoms with Crippen LogP contribution in [0.4, 0.5) is 0 Å². The molecule has 6 heteroatoms. The Hall–Kier alpha value is -0.230. The number of benzene rings is 1. The molecule has 1 heterocycles. The fourth-order valence-electron chi connectivity index (χ4n) is 2.58. The lowest BCUT2D eigenvalue weighted by atomic mass is 10.1. The lowest BCUT2D eigenvalue weighted by Crippen LogP contribution is -2.45. The van der Waals surface area contributed by atoms with Gasteiger partial charge < -0.3 is 0 Å². The molecule has 22 heavy (non-hydrogen) atoms. The van der Waals surface area contributed by atoms with Crippen LogP contribution in [0.2, 0.25) is 5.02 Å². The van der Waals surface area contributed by atoms with Gasteiger partial charge in [-0.15, -0.1) is 0 Å². The maximum Gasteiger partial charge on any atom is 0.244 e. The van der Waals surface area contributed by atoms with E-state index in [1.165, 1.54) is 0 Å². The number of nitrogens with zero attached hydrogens (tertiary/aromatic N) is 1. The van der Waals surface area contributed by atoms with Crippen molar-refractivity contribution in [1.29, 1.82) is 0 Å². The van der Waals surface area contributed by atoms with Crippen molar-refractivity contribution >= 4 is 33.4 Å². The molecule has 1 aliphatic rings. The maximum absolute atomic E-state index is 13.0. The molecule has 0 amide bonds. The Balaban J connectivity index is 2.25. The number of thioether (sulfide) groups is 1. The summed E-state index contributed by atoms with van der Waals surface area (Å²) >= 11 is 7.93. The summed E-state index contributed by atoms with van der Waals surface area (Å²) in [6.45, 7) is 7.07. The van der Waals surface area contributed by atoms with E-state index in [0.717, 1.165) is 25.0 Å². The van der Waals surface area contributed by atoms with Gasteiger partial charge in [0.15, 0.2) is 0 Å². The number of hydrogen-bond donors (Lipinski definition) is 0. The Labute approximate surface area is 143 Å². The molecule has 1 aromatic rings. The molecular formula is C16H24ClNO2S2. The average Bonchev–Trinajstić information content (AvgIpc) is 2.45. The molecule has 0 spiro atoms. The summed E-state index contributed by atoms with van der Waals surface area (Å²) in [4.78, 5) is 0.226. The van der Waals surface area contributed by atoms with Crippen LogP contribution in [-0.2, 0) is 10.0 Å². The van der Waals surface area contributed by atoms with Gasteiger partial charge in [-0.25, -0.2) is 8.42 Å². The van der Waals surface area contributed by atoms with Crippen molar-refractivity contribution in [3.8, 4) is 0 Å². The highest BCUT2D eigenvalue weighted by atomic mass is 35.5. The van der Waals surface area contributed by atoms with E-state index in [1.54, 1.807) is 28.6 Å². The second-order valence-electron chi connectivity index (χ2n) is 6.62. The molecule has 124 valence electrons. The first kappa shape index (κ1) is 18.1. The molecule has 0 saturated carbocycles. The normalized spacial score (nSPS) is 21.0. The molecule has 0 aliphatic carbocycles. The standard InChI is InChI=1S/C16H24ClNO2S2/c1-16(2,3)21-12-13-8-6-7-11-18(13)22(19,20)15-10-5-4-9-14(15)17/h4-5,9-10,13H,6-8,11-12H2,1-3H3/t13-/m0/s1. The van der Waals surface area contributed by atoms with Gasteiger partial charge >= 0.3 is 0 Å². The van der Waals surface area contributed by atoms with Gasteiger partial charge in [-0.3, -0.25) is 0 Å². The van der Waals surface area contributed by atoms with Crippen molar-refractivity contribution in [1.82, 2.24) is 4.31 Å². The van der Waals surface area contributed by atoms with Crippen LogP contribution in [0.3, 0.4) is 0 Å². The van der Waals surface area contributed by atoms with Crippen molar-refractivity contribution in [2.45, 2.75) is 55.7 Å². The summed E-state index contributed by atoms with van der Waals surface area (Å²) in [6, 6.07) is 6.77. The minimum atomic E-state index is -3.52. The molecule has 0 radical (unpaired) electrons. The smallest absolute Gasteiger partial charge is 0.207 e. The Bertz CT molecular complexity index is 611. The van der Waals surface area contributed by atoms with Crippen LogP contribution in [0.1, 0.15) is 40.0 Å². The third-order valence-electron chi connectivity index (χ3n) is 3.71. The predicted octanol–water partition coefficient (Wildman–Crippen LogP) is 4.41. The molecule has 3 nitrogen and oxygen atoms in total. The molecule has 1 atom stereocenters. The van der Waals surface area contributed by atoms with Gasteiger partial charge in [0, 0.05) is 23.1 Å². The first-order valence-corrected chi connectivity index (χ1v) is 10.4. The SMILES string of the molecule is CC(C)(C)SC[C@@H]1CCCCN1S(=O)(=O)c1ccccc1Cl. The van der Waals surface area contributed by atoms with Crippen molar-refractivity contribution in [2.75, 3.05) is 12.3 Å². The Morgan fingerprint density at radius 3 is 2.59 bits per heavy atom. The summed E-state index contributed by atoms with van der Waals surface area (Å²) in [7, 11) is -3.52.